The lowest BCUT2D eigenvalue weighted by Gasteiger charge is -2.08. The molecule has 0 aliphatic carbocycles. The molecule has 4 rings (SSSR count). The van der Waals surface area contributed by atoms with Gasteiger partial charge in [-0.3, -0.25) is 4.79 Å². The molecule has 3 nitrogen and oxygen atoms in total. The highest BCUT2D eigenvalue weighted by molar-refractivity contribution is 7.24. The van der Waals surface area contributed by atoms with Crippen molar-refractivity contribution in [1.82, 2.24) is 0 Å². The first-order valence-corrected chi connectivity index (χ1v) is 7.33. The summed E-state index contributed by atoms with van der Waals surface area (Å²) in [4.78, 5) is 12.5. The van der Waals surface area contributed by atoms with Crippen LogP contribution in [0.15, 0.2) is 47.3 Å². The summed E-state index contributed by atoms with van der Waals surface area (Å²) in [5.74, 6) is 0.769. The molecule has 1 aliphatic heterocycles. The minimum absolute atomic E-state index is 0.0717. The van der Waals surface area contributed by atoms with Crippen LogP contribution in [-0.4, -0.2) is 19.3 Å². The predicted octanol–water partition coefficient (Wildman–Crippen LogP) is 3.19. The van der Waals surface area contributed by atoms with E-state index in [2.05, 4.69) is 0 Å². The number of fused-ring (bicyclic) bond motifs is 2. The topological polar surface area (TPSA) is 38.8 Å². The summed E-state index contributed by atoms with van der Waals surface area (Å²) in [6.07, 6.45) is 0.211. The molecule has 0 saturated carbocycles. The maximum atomic E-state index is 12.5. The van der Waals surface area contributed by atoms with Crippen LogP contribution in [0.4, 0.5) is 0 Å². The van der Waals surface area contributed by atoms with Crippen LogP contribution in [0.5, 0.6) is 5.75 Å². The Labute approximate surface area is 119 Å². The summed E-state index contributed by atoms with van der Waals surface area (Å²) in [7, 11) is 0. The first-order valence-electron chi connectivity index (χ1n) is 6.52. The van der Waals surface area contributed by atoms with E-state index in [4.69, 9.17) is 9.47 Å². The van der Waals surface area contributed by atoms with Gasteiger partial charge in [-0.1, -0.05) is 18.2 Å². The maximum absolute atomic E-state index is 12.5. The van der Waals surface area contributed by atoms with Crippen LogP contribution in [0.2, 0.25) is 0 Å². The molecular weight excluding hydrogens is 272 g/mol. The van der Waals surface area contributed by atoms with E-state index < -0.39 is 0 Å². The molecule has 1 aromatic heterocycles. The second-order valence-corrected chi connectivity index (χ2v) is 5.88. The number of hydrogen-bond donors (Lipinski definition) is 0. The highest BCUT2D eigenvalue weighted by Gasteiger charge is 2.23. The average molecular weight is 284 g/mol. The third-order valence-electron chi connectivity index (χ3n) is 3.39. The number of benzene rings is 2. The third kappa shape index (κ3) is 1.97. The van der Waals surface area contributed by atoms with Gasteiger partial charge in [0.15, 0.2) is 5.43 Å². The normalized spacial score (nSPS) is 17.5. The molecule has 1 saturated heterocycles. The van der Waals surface area contributed by atoms with Gasteiger partial charge in [-0.05, 0) is 24.3 Å². The van der Waals surface area contributed by atoms with E-state index in [-0.39, 0.29) is 11.5 Å². The second-order valence-electron chi connectivity index (χ2n) is 4.83. The zero-order valence-corrected chi connectivity index (χ0v) is 11.5. The van der Waals surface area contributed by atoms with E-state index in [0.29, 0.717) is 6.61 Å². The Balaban J connectivity index is 1.94. The molecule has 0 bridgehead atoms. The van der Waals surface area contributed by atoms with E-state index in [0.717, 1.165) is 32.5 Å². The standard InChI is InChI=1S/C16H12O3S/c17-15-11-4-1-2-7-14(11)20-16-12(15)5-3-6-13(16)19-9-10-8-18-10/h1-7,10H,8-9H2. The molecule has 0 radical (unpaired) electrons. The summed E-state index contributed by atoms with van der Waals surface area (Å²) in [6, 6.07) is 13.3. The van der Waals surface area contributed by atoms with Crippen LogP contribution in [0, 0.1) is 0 Å². The Morgan fingerprint density at radius 2 is 1.95 bits per heavy atom. The van der Waals surface area contributed by atoms with E-state index in [1.807, 2.05) is 42.5 Å². The molecule has 0 N–H and O–H groups in total. The first-order chi connectivity index (χ1) is 9.83. The quantitative estimate of drug-likeness (QED) is 0.547. The summed E-state index contributed by atoms with van der Waals surface area (Å²) in [6.45, 7) is 1.32. The molecular formula is C16H12O3S. The Bertz CT molecular complexity index is 849. The monoisotopic (exact) mass is 284 g/mol. The van der Waals surface area contributed by atoms with Crippen molar-refractivity contribution in [2.24, 2.45) is 0 Å². The van der Waals surface area contributed by atoms with Gasteiger partial charge in [-0.25, -0.2) is 0 Å². The Morgan fingerprint density at radius 3 is 2.80 bits per heavy atom. The lowest BCUT2D eigenvalue weighted by Crippen LogP contribution is -2.06. The van der Waals surface area contributed by atoms with E-state index >= 15 is 0 Å². The van der Waals surface area contributed by atoms with E-state index in [1.165, 1.54) is 0 Å². The van der Waals surface area contributed by atoms with Gasteiger partial charge in [0.1, 0.15) is 18.5 Å². The van der Waals surface area contributed by atoms with Crippen molar-refractivity contribution in [3.8, 4) is 5.75 Å². The molecule has 1 aliphatic rings. The van der Waals surface area contributed by atoms with Crippen LogP contribution < -0.4 is 10.2 Å². The molecule has 2 heterocycles. The van der Waals surface area contributed by atoms with Gasteiger partial charge in [0.2, 0.25) is 0 Å². The molecule has 3 aromatic rings. The molecule has 100 valence electrons. The van der Waals surface area contributed by atoms with Gasteiger partial charge < -0.3 is 9.47 Å². The smallest absolute Gasteiger partial charge is 0.196 e. The molecule has 0 amide bonds. The van der Waals surface area contributed by atoms with Crippen molar-refractivity contribution in [3.63, 3.8) is 0 Å². The summed E-state index contributed by atoms with van der Waals surface area (Å²) in [5, 5.41) is 1.50. The van der Waals surface area contributed by atoms with Crippen molar-refractivity contribution < 1.29 is 9.47 Å². The third-order valence-corrected chi connectivity index (χ3v) is 4.60. The van der Waals surface area contributed by atoms with Crippen LogP contribution >= 0.6 is 11.3 Å². The number of epoxide rings is 1. The molecule has 4 heteroatoms. The second kappa shape index (κ2) is 4.58. The van der Waals surface area contributed by atoms with E-state index in [1.54, 1.807) is 11.3 Å². The lowest BCUT2D eigenvalue weighted by atomic mass is 10.2. The zero-order valence-electron chi connectivity index (χ0n) is 10.7. The lowest BCUT2D eigenvalue weighted by molar-refractivity contribution is 0.265. The Kier molecular flexibility index (Phi) is 2.72. The highest BCUT2D eigenvalue weighted by atomic mass is 32.1. The van der Waals surface area contributed by atoms with Crippen LogP contribution in [0.1, 0.15) is 0 Å². The van der Waals surface area contributed by atoms with Gasteiger partial charge >= 0.3 is 0 Å². The Morgan fingerprint density at radius 1 is 1.15 bits per heavy atom. The fourth-order valence-electron chi connectivity index (χ4n) is 2.26. The molecule has 0 spiro atoms. The SMILES string of the molecule is O=c1c2ccccc2sc2c(OCC3CO3)cccc12. The minimum Gasteiger partial charge on any atom is -0.489 e. The number of rotatable bonds is 3. The van der Waals surface area contributed by atoms with Crippen LogP contribution in [0.25, 0.3) is 20.2 Å². The van der Waals surface area contributed by atoms with Gasteiger partial charge in [-0.15, -0.1) is 11.3 Å². The molecule has 1 atom stereocenters. The fourth-order valence-corrected chi connectivity index (χ4v) is 3.39. The van der Waals surface area contributed by atoms with Crippen molar-refractivity contribution in [3.05, 3.63) is 52.7 Å². The molecule has 1 unspecified atom stereocenters. The van der Waals surface area contributed by atoms with Gasteiger partial charge in [0, 0.05) is 15.5 Å². The number of hydrogen-bond acceptors (Lipinski definition) is 4. The maximum Gasteiger partial charge on any atom is 0.196 e. The van der Waals surface area contributed by atoms with E-state index in [9.17, 15) is 4.79 Å². The summed E-state index contributed by atoms with van der Waals surface area (Å²) >= 11 is 1.60. The van der Waals surface area contributed by atoms with Gasteiger partial charge in [-0.2, -0.15) is 0 Å². The van der Waals surface area contributed by atoms with Gasteiger partial charge in [0.05, 0.1) is 11.3 Å². The molecule has 20 heavy (non-hydrogen) atoms. The van der Waals surface area contributed by atoms with Crippen LogP contribution in [0.3, 0.4) is 0 Å². The molecule has 2 aromatic carbocycles. The molecule has 1 fully saturated rings. The fraction of sp³-hybridized carbons (Fsp3) is 0.188. The Hall–Kier alpha value is -1.91. The highest BCUT2D eigenvalue weighted by Crippen LogP contribution is 2.32. The van der Waals surface area contributed by atoms with Crippen molar-refractivity contribution in [2.75, 3.05) is 13.2 Å². The van der Waals surface area contributed by atoms with Crippen LogP contribution in [-0.2, 0) is 4.74 Å². The summed E-state index contributed by atoms with van der Waals surface area (Å²) in [5.41, 5.74) is 0.0717. The van der Waals surface area contributed by atoms with Crippen molar-refractivity contribution >= 4 is 31.5 Å². The van der Waals surface area contributed by atoms with Crippen molar-refractivity contribution in [1.29, 1.82) is 0 Å². The van der Waals surface area contributed by atoms with Crippen molar-refractivity contribution in [2.45, 2.75) is 6.10 Å². The first kappa shape index (κ1) is 11.9. The average Bonchev–Trinajstić information content (AvgIpc) is 3.30. The minimum atomic E-state index is 0.0717. The van der Waals surface area contributed by atoms with Gasteiger partial charge in [0.25, 0.3) is 0 Å². The largest absolute Gasteiger partial charge is 0.489 e. The number of ether oxygens (including phenoxy) is 2. The predicted molar refractivity (Wildman–Crippen MR) is 80.8 cm³/mol. The zero-order chi connectivity index (χ0) is 13.5. The summed E-state index contributed by atoms with van der Waals surface area (Å²) < 4.78 is 12.8.